The van der Waals surface area contributed by atoms with Crippen LogP contribution in [-0.2, 0) is 0 Å². The molecule has 0 spiro atoms. The van der Waals surface area contributed by atoms with Gasteiger partial charge in [0.2, 0.25) is 5.88 Å². The number of aryl methyl sites for hydroxylation is 1. The van der Waals surface area contributed by atoms with Crippen molar-refractivity contribution in [3.8, 4) is 0 Å². The lowest BCUT2D eigenvalue weighted by Crippen LogP contribution is -2.37. The van der Waals surface area contributed by atoms with Crippen molar-refractivity contribution in [3.05, 3.63) is 16.9 Å². The number of amides is 2. The molecule has 2 aliphatic rings. The Morgan fingerprint density at radius 3 is 2.79 bits per heavy atom. The zero-order chi connectivity index (χ0) is 13.4. The van der Waals surface area contributed by atoms with Gasteiger partial charge >= 0.3 is 0 Å². The van der Waals surface area contributed by atoms with Crippen LogP contribution < -0.4 is 16.0 Å². The van der Waals surface area contributed by atoms with Crippen LogP contribution in [0.15, 0.2) is 4.42 Å². The fraction of sp³-hybridized carbons (Fsp3) is 0.538. The maximum absolute atomic E-state index is 12.3. The normalized spacial score (nSPS) is 18.7. The van der Waals surface area contributed by atoms with Gasteiger partial charge in [0.25, 0.3) is 11.8 Å². The van der Waals surface area contributed by atoms with Gasteiger partial charge in [0.05, 0.1) is 12.2 Å². The van der Waals surface area contributed by atoms with E-state index in [1.54, 1.807) is 6.92 Å². The number of carbonyl (C=O) groups is 2. The Balaban J connectivity index is 1.89. The van der Waals surface area contributed by atoms with Crippen molar-refractivity contribution in [3.63, 3.8) is 0 Å². The number of furan rings is 1. The first-order chi connectivity index (χ1) is 9.16. The lowest BCUT2D eigenvalue weighted by atomic mass is 10.1. The molecule has 0 bridgehead atoms. The second-order valence-corrected chi connectivity index (χ2v) is 5.05. The summed E-state index contributed by atoms with van der Waals surface area (Å²) in [6, 6.07) is 0.220. The molecule has 6 nitrogen and oxygen atoms in total. The summed E-state index contributed by atoms with van der Waals surface area (Å²) in [6.07, 6.45) is 4.31. The van der Waals surface area contributed by atoms with E-state index in [2.05, 4.69) is 16.0 Å². The van der Waals surface area contributed by atoms with Gasteiger partial charge in [0, 0.05) is 6.04 Å². The van der Waals surface area contributed by atoms with Gasteiger partial charge in [-0.2, -0.15) is 0 Å². The predicted molar refractivity (Wildman–Crippen MR) is 69.1 cm³/mol. The zero-order valence-electron chi connectivity index (χ0n) is 10.8. The first-order valence-electron chi connectivity index (χ1n) is 6.63. The summed E-state index contributed by atoms with van der Waals surface area (Å²) in [4.78, 5) is 24.2. The maximum atomic E-state index is 12.3. The molecule has 0 aromatic carbocycles. The SMILES string of the molecule is Cc1oc2c(c1C(=O)NC1CCCC1)C(=O)NCN2. The standard InChI is InChI=1S/C13H17N3O3/c1-7-9(12(18)16-8-4-2-3-5-8)10-11(17)14-6-15-13(10)19-7/h8,15H,2-6H2,1H3,(H,14,17)(H,16,18). The highest BCUT2D eigenvalue weighted by atomic mass is 16.4. The smallest absolute Gasteiger partial charge is 0.259 e. The maximum Gasteiger partial charge on any atom is 0.259 e. The average molecular weight is 263 g/mol. The fourth-order valence-electron chi connectivity index (χ4n) is 2.78. The molecule has 1 fully saturated rings. The Morgan fingerprint density at radius 1 is 1.32 bits per heavy atom. The molecular weight excluding hydrogens is 246 g/mol. The molecule has 1 saturated carbocycles. The van der Waals surface area contributed by atoms with Gasteiger partial charge in [-0.3, -0.25) is 9.59 Å². The Bertz CT molecular complexity index is 529. The van der Waals surface area contributed by atoms with E-state index in [9.17, 15) is 9.59 Å². The first kappa shape index (κ1) is 12.1. The Labute approximate surface area is 110 Å². The fourth-order valence-corrected chi connectivity index (χ4v) is 2.78. The van der Waals surface area contributed by atoms with Crippen LogP contribution in [0.3, 0.4) is 0 Å². The number of fused-ring (bicyclic) bond motifs is 1. The van der Waals surface area contributed by atoms with E-state index < -0.39 is 0 Å². The van der Waals surface area contributed by atoms with E-state index in [-0.39, 0.29) is 17.9 Å². The molecule has 0 radical (unpaired) electrons. The summed E-state index contributed by atoms with van der Waals surface area (Å²) in [6.45, 7) is 2.03. The van der Waals surface area contributed by atoms with Gasteiger partial charge < -0.3 is 20.4 Å². The second-order valence-electron chi connectivity index (χ2n) is 5.05. The lowest BCUT2D eigenvalue weighted by Gasteiger charge is -2.15. The minimum Gasteiger partial charge on any atom is -0.444 e. The van der Waals surface area contributed by atoms with E-state index in [4.69, 9.17) is 4.42 Å². The molecule has 0 atom stereocenters. The number of rotatable bonds is 2. The molecule has 2 heterocycles. The third-order valence-electron chi connectivity index (χ3n) is 3.73. The molecule has 19 heavy (non-hydrogen) atoms. The van der Waals surface area contributed by atoms with Crippen LogP contribution in [-0.4, -0.2) is 24.5 Å². The third kappa shape index (κ3) is 2.07. The van der Waals surface area contributed by atoms with Crippen LogP contribution in [0.1, 0.15) is 52.2 Å². The second kappa shape index (κ2) is 4.60. The highest BCUT2D eigenvalue weighted by Crippen LogP contribution is 2.29. The van der Waals surface area contributed by atoms with Crippen molar-refractivity contribution >= 4 is 17.7 Å². The first-order valence-corrected chi connectivity index (χ1v) is 6.63. The Hall–Kier alpha value is -1.98. The summed E-state index contributed by atoms with van der Waals surface area (Å²) in [7, 11) is 0. The van der Waals surface area contributed by atoms with Crippen LogP contribution in [0.4, 0.5) is 5.88 Å². The van der Waals surface area contributed by atoms with Crippen LogP contribution in [0.5, 0.6) is 0 Å². The van der Waals surface area contributed by atoms with E-state index in [1.165, 1.54) is 0 Å². The van der Waals surface area contributed by atoms with E-state index in [1.807, 2.05) is 0 Å². The average Bonchev–Trinajstić information content (AvgIpc) is 2.96. The number of carbonyl (C=O) groups excluding carboxylic acids is 2. The van der Waals surface area contributed by atoms with Crippen molar-refractivity contribution in [1.82, 2.24) is 10.6 Å². The summed E-state index contributed by atoms with van der Waals surface area (Å²) < 4.78 is 5.46. The van der Waals surface area contributed by atoms with Crippen LogP contribution in [0.25, 0.3) is 0 Å². The van der Waals surface area contributed by atoms with Crippen LogP contribution in [0.2, 0.25) is 0 Å². The Morgan fingerprint density at radius 2 is 2.05 bits per heavy atom. The molecule has 3 N–H and O–H groups in total. The summed E-state index contributed by atoms with van der Waals surface area (Å²) in [5.41, 5.74) is 0.672. The molecule has 6 heteroatoms. The lowest BCUT2D eigenvalue weighted by molar-refractivity contribution is 0.0910. The van der Waals surface area contributed by atoms with E-state index in [0.717, 1.165) is 25.7 Å². The molecular formula is C13H17N3O3. The van der Waals surface area contributed by atoms with Crippen LogP contribution in [0, 0.1) is 6.92 Å². The van der Waals surface area contributed by atoms with Crippen molar-refractivity contribution in [2.75, 3.05) is 12.0 Å². The van der Waals surface area contributed by atoms with Gasteiger partial charge in [0.15, 0.2) is 0 Å². The van der Waals surface area contributed by atoms with Crippen molar-refractivity contribution in [1.29, 1.82) is 0 Å². The topological polar surface area (TPSA) is 83.4 Å². The largest absolute Gasteiger partial charge is 0.444 e. The third-order valence-corrected chi connectivity index (χ3v) is 3.73. The van der Waals surface area contributed by atoms with Crippen molar-refractivity contribution in [2.45, 2.75) is 38.6 Å². The minimum absolute atomic E-state index is 0.215. The number of anilines is 1. The molecule has 102 valence electrons. The summed E-state index contributed by atoms with van der Waals surface area (Å²) in [5.74, 6) is 0.387. The quantitative estimate of drug-likeness (QED) is 0.752. The molecule has 1 aromatic rings. The number of hydrogen-bond acceptors (Lipinski definition) is 4. The molecule has 1 aliphatic heterocycles. The van der Waals surface area contributed by atoms with Crippen molar-refractivity contribution < 1.29 is 14.0 Å². The number of nitrogens with one attached hydrogen (secondary N) is 3. The van der Waals surface area contributed by atoms with E-state index in [0.29, 0.717) is 29.4 Å². The van der Waals surface area contributed by atoms with Gasteiger partial charge in [-0.15, -0.1) is 0 Å². The predicted octanol–water partition coefficient (Wildman–Crippen LogP) is 1.37. The molecule has 3 rings (SSSR count). The zero-order valence-corrected chi connectivity index (χ0v) is 10.8. The molecule has 1 aromatic heterocycles. The Kier molecular flexibility index (Phi) is 2.93. The monoisotopic (exact) mass is 263 g/mol. The molecule has 0 saturated heterocycles. The van der Waals surface area contributed by atoms with Crippen LogP contribution >= 0.6 is 0 Å². The summed E-state index contributed by atoms with van der Waals surface area (Å²) >= 11 is 0. The van der Waals surface area contributed by atoms with Gasteiger partial charge in [0.1, 0.15) is 11.3 Å². The minimum atomic E-state index is -0.262. The van der Waals surface area contributed by atoms with E-state index >= 15 is 0 Å². The van der Waals surface area contributed by atoms with Crippen molar-refractivity contribution in [2.24, 2.45) is 0 Å². The highest BCUT2D eigenvalue weighted by molar-refractivity contribution is 6.11. The van der Waals surface area contributed by atoms with Gasteiger partial charge in [-0.25, -0.2) is 0 Å². The molecule has 0 unspecified atom stereocenters. The molecule has 1 aliphatic carbocycles. The number of hydrogen-bond donors (Lipinski definition) is 3. The van der Waals surface area contributed by atoms with Gasteiger partial charge in [-0.1, -0.05) is 12.8 Å². The molecule has 2 amide bonds. The van der Waals surface area contributed by atoms with Gasteiger partial charge in [-0.05, 0) is 19.8 Å². The summed E-state index contributed by atoms with van der Waals surface area (Å²) in [5, 5.41) is 8.56. The highest BCUT2D eigenvalue weighted by Gasteiger charge is 2.31.